The highest BCUT2D eigenvalue weighted by molar-refractivity contribution is 5.53. The molecule has 2 aromatic carbocycles. The Balaban J connectivity index is 2.19. The fourth-order valence-corrected chi connectivity index (χ4v) is 1.83. The van der Waals surface area contributed by atoms with Gasteiger partial charge >= 0.3 is 0 Å². The minimum absolute atomic E-state index is 0.0680. The van der Waals surface area contributed by atoms with Crippen LogP contribution in [0.4, 0.5) is 14.5 Å². The lowest BCUT2D eigenvalue weighted by Crippen LogP contribution is -2.05. The van der Waals surface area contributed by atoms with E-state index in [1.54, 1.807) is 0 Å². The van der Waals surface area contributed by atoms with E-state index < -0.39 is 11.6 Å². The third-order valence-electron chi connectivity index (χ3n) is 3.12. The van der Waals surface area contributed by atoms with E-state index in [0.29, 0.717) is 0 Å². The van der Waals surface area contributed by atoms with Gasteiger partial charge in [-0.3, -0.25) is 0 Å². The van der Waals surface area contributed by atoms with Gasteiger partial charge in [0.25, 0.3) is 0 Å². The maximum absolute atomic E-state index is 13.5. The van der Waals surface area contributed by atoms with Crippen molar-refractivity contribution in [1.29, 1.82) is 0 Å². The van der Waals surface area contributed by atoms with Gasteiger partial charge < -0.3 is 5.32 Å². The van der Waals surface area contributed by atoms with Crippen LogP contribution in [0.3, 0.4) is 0 Å². The lowest BCUT2D eigenvalue weighted by Gasteiger charge is -2.12. The Bertz CT molecular complexity index is 544. The van der Waals surface area contributed by atoms with Crippen molar-refractivity contribution in [2.24, 2.45) is 0 Å². The van der Waals surface area contributed by atoms with Crippen molar-refractivity contribution in [3.05, 3.63) is 64.7 Å². The van der Waals surface area contributed by atoms with Crippen LogP contribution in [0.15, 0.2) is 36.4 Å². The third-order valence-corrected chi connectivity index (χ3v) is 3.12. The summed E-state index contributed by atoms with van der Waals surface area (Å²) >= 11 is 0. The van der Waals surface area contributed by atoms with Crippen molar-refractivity contribution in [2.45, 2.75) is 20.4 Å². The zero-order valence-electron chi connectivity index (χ0n) is 10.4. The van der Waals surface area contributed by atoms with Crippen molar-refractivity contribution in [2.75, 3.05) is 5.32 Å². The highest BCUT2D eigenvalue weighted by atomic mass is 19.1. The van der Waals surface area contributed by atoms with E-state index in [1.165, 1.54) is 18.2 Å². The molecule has 0 bridgehead atoms. The van der Waals surface area contributed by atoms with Crippen LogP contribution in [-0.4, -0.2) is 0 Å². The van der Waals surface area contributed by atoms with Crippen molar-refractivity contribution in [3.8, 4) is 0 Å². The Labute approximate surface area is 105 Å². The monoisotopic (exact) mass is 247 g/mol. The van der Waals surface area contributed by atoms with E-state index in [4.69, 9.17) is 0 Å². The zero-order chi connectivity index (χ0) is 13.1. The Morgan fingerprint density at radius 3 is 2.22 bits per heavy atom. The van der Waals surface area contributed by atoms with Gasteiger partial charge in [-0.2, -0.15) is 0 Å². The number of benzene rings is 2. The quantitative estimate of drug-likeness (QED) is 0.857. The summed E-state index contributed by atoms with van der Waals surface area (Å²) in [5.41, 5.74) is 3.21. The van der Waals surface area contributed by atoms with Crippen LogP contribution in [-0.2, 0) is 6.54 Å². The Morgan fingerprint density at radius 2 is 1.56 bits per heavy atom. The molecule has 1 N–H and O–H groups in total. The highest BCUT2D eigenvalue weighted by Crippen LogP contribution is 2.20. The van der Waals surface area contributed by atoms with E-state index >= 15 is 0 Å². The number of nitrogens with one attached hydrogen (secondary N) is 1. The summed E-state index contributed by atoms with van der Waals surface area (Å²) in [4.78, 5) is 0. The number of aryl methyl sites for hydroxylation is 1. The first-order valence-electron chi connectivity index (χ1n) is 5.82. The molecule has 0 aliphatic carbocycles. The SMILES string of the molecule is Cc1cccc(NCc2c(F)cccc2F)c1C. The number of hydrogen-bond donors (Lipinski definition) is 1. The Morgan fingerprint density at radius 1 is 0.944 bits per heavy atom. The Kier molecular flexibility index (Phi) is 3.60. The zero-order valence-corrected chi connectivity index (χ0v) is 10.4. The van der Waals surface area contributed by atoms with Crippen LogP contribution in [0.25, 0.3) is 0 Å². The lowest BCUT2D eigenvalue weighted by molar-refractivity contribution is 0.560. The van der Waals surface area contributed by atoms with Crippen molar-refractivity contribution in [3.63, 3.8) is 0 Å². The van der Waals surface area contributed by atoms with Gasteiger partial charge in [-0.25, -0.2) is 8.78 Å². The molecule has 0 saturated heterocycles. The molecule has 0 saturated carbocycles. The van der Waals surface area contributed by atoms with Gasteiger partial charge in [0.15, 0.2) is 0 Å². The van der Waals surface area contributed by atoms with Crippen LogP contribution in [0.5, 0.6) is 0 Å². The third kappa shape index (κ3) is 2.50. The molecule has 0 aromatic heterocycles. The summed E-state index contributed by atoms with van der Waals surface area (Å²) in [5.74, 6) is -1.04. The normalized spacial score (nSPS) is 10.4. The van der Waals surface area contributed by atoms with Gasteiger partial charge in [0, 0.05) is 17.8 Å². The second kappa shape index (κ2) is 5.17. The summed E-state index contributed by atoms with van der Waals surface area (Å²) in [7, 11) is 0. The topological polar surface area (TPSA) is 12.0 Å². The average Bonchev–Trinajstić information content (AvgIpc) is 2.33. The summed E-state index contributed by atoms with van der Waals surface area (Å²) < 4.78 is 26.9. The standard InChI is InChI=1S/C15H15F2N/c1-10-5-3-8-15(11(10)2)18-9-12-13(16)6-4-7-14(12)17/h3-8,18H,9H2,1-2H3. The molecule has 0 amide bonds. The van der Waals surface area contributed by atoms with E-state index in [1.807, 2.05) is 32.0 Å². The van der Waals surface area contributed by atoms with Crippen LogP contribution in [0.2, 0.25) is 0 Å². The van der Waals surface area contributed by atoms with Crippen LogP contribution in [0, 0.1) is 25.5 Å². The summed E-state index contributed by atoms with van der Waals surface area (Å²) in [6, 6.07) is 9.73. The summed E-state index contributed by atoms with van der Waals surface area (Å²) in [6.07, 6.45) is 0. The Hall–Kier alpha value is -1.90. The molecule has 3 heteroatoms. The fraction of sp³-hybridized carbons (Fsp3) is 0.200. The molecule has 1 nitrogen and oxygen atoms in total. The molecule has 0 fully saturated rings. The van der Waals surface area contributed by atoms with Crippen molar-refractivity contribution >= 4 is 5.69 Å². The molecule has 0 aliphatic heterocycles. The molecule has 18 heavy (non-hydrogen) atoms. The van der Waals surface area contributed by atoms with Gasteiger partial charge in [0.2, 0.25) is 0 Å². The van der Waals surface area contributed by atoms with Gasteiger partial charge in [-0.05, 0) is 43.2 Å². The number of rotatable bonds is 3. The van der Waals surface area contributed by atoms with Gasteiger partial charge in [-0.1, -0.05) is 18.2 Å². The second-order valence-electron chi connectivity index (χ2n) is 4.30. The fourth-order valence-electron chi connectivity index (χ4n) is 1.83. The number of anilines is 1. The van der Waals surface area contributed by atoms with Gasteiger partial charge in [-0.15, -0.1) is 0 Å². The first-order valence-corrected chi connectivity index (χ1v) is 5.82. The van der Waals surface area contributed by atoms with Crippen molar-refractivity contribution in [1.82, 2.24) is 0 Å². The second-order valence-corrected chi connectivity index (χ2v) is 4.30. The first-order chi connectivity index (χ1) is 8.59. The minimum Gasteiger partial charge on any atom is -0.381 e. The summed E-state index contributed by atoms with van der Waals surface area (Å²) in [6.45, 7) is 4.13. The molecular formula is C15H15F2N. The molecule has 0 unspecified atom stereocenters. The molecular weight excluding hydrogens is 232 g/mol. The maximum Gasteiger partial charge on any atom is 0.131 e. The molecule has 2 aromatic rings. The van der Waals surface area contributed by atoms with Crippen LogP contribution < -0.4 is 5.32 Å². The van der Waals surface area contributed by atoms with Crippen molar-refractivity contribution < 1.29 is 8.78 Å². The van der Waals surface area contributed by atoms with Crippen LogP contribution >= 0.6 is 0 Å². The van der Waals surface area contributed by atoms with Crippen LogP contribution in [0.1, 0.15) is 16.7 Å². The molecule has 0 heterocycles. The van der Waals surface area contributed by atoms with E-state index in [9.17, 15) is 8.78 Å². The number of halogens is 2. The molecule has 0 radical (unpaired) electrons. The van der Waals surface area contributed by atoms with Gasteiger partial charge in [0.05, 0.1) is 0 Å². The molecule has 0 atom stereocenters. The largest absolute Gasteiger partial charge is 0.381 e. The van der Waals surface area contributed by atoms with E-state index in [0.717, 1.165) is 16.8 Å². The lowest BCUT2D eigenvalue weighted by atomic mass is 10.1. The number of hydrogen-bond acceptors (Lipinski definition) is 1. The predicted molar refractivity (Wildman–Crippen MR) is 69.6 cm³/mol. The highest BCUT2D eigenvalue weighted by Gasteiger charge is 2.08. The minimum atomic E-state index is -0.521. The van der Waals surface area contributed by atoms with Gasteiger partial charge in [0.1, 0.15) is 11.6 Å². The first kappa shape index (κ1) is 12.6. The van der Waals surface area contributed by atoms with E-state index in [-0.39, 0.29) is 12.1 Å². The molecule has 0 spiro atoms. The maximum atomic E-state index is 13.5. The average molecular weight is 247 g/mol. The summed E-state index contributed by atoms with van der Waals surface area (Å²) in [5, 5.41) is 3.07. The molecule has 2 rings (SSSR count). The molecule has 94 valence electrons. The molecule has 0 aliphatic rings. The smallest absolute Gasteiger partial charge is 0.131 e. The van der Waals surface area contributed by atoms with E-state index in [2.05, 4.69) is 5.32 Å². The predicted octanol–water partition coefficient (Wildman–Crippen LogP) is 4.19.